The van der Waals surface area contributed by atoms with Crippen LogP contribution in [0.15, 0.2) is 41.0 Å². The first-order valence-corrected chi connectivity index (χ1v) is 6.05. The normalized spacial score (nSPS) is 10.3. The quantitative estimate of drug-likeness (QED) is 0.928. The highest BCUT2D eigenvalue weighted by molar-refractivity contribution is 9.10. The molecule has 0 saturated carbocycles. The molecule has 0 bridgehead atoms. The molecule has 0 spiro atoms. The Bertz CT molecular complexity index is 529. The van der Waals surface area contributed by atoms with Crippen molar-refractivity contribution >= 4 is 21.6 Å². The number of hydrogen-bond donors (Lipinski definition) is 1. The van der Waals surface area contributed by atoms with Crippen LogP contribution in [-0.2, 0) is 6.54 Å². The summed E-state index contributed by atoms with van der Waals surface area (Å²) in [7, 11) is 0. The Labute approximate surface area is 108 Å². The predicted octanol–water partition coefficient (Wildman–Crippen LogP) is 3.90. The molecule has 0 aliphatic heterocycles. The fourth-order valence-corrected chi connectivity index (χ4v) is 1.86. The van der Waals surface area contributed by atoms with Gasteiger partial charge in [0.15, 0.2) is 0 Å². The third kappa shape index (κ3) is 3.03. The molecule has 0 saturated heterocycles. The first-order valence-electron chi connectivity index (χ1n) is 5.26. The molecule has 0 amide bonds. The number of aryl methyl sites for hydroxylation is 1. The van der Waals surface area contributed by atoms with Gasteiger partial charge in [-0.05, 0) is 31.2 Å². The molecule has 1 heterocycles. The van der Waals surface area contributed by atoms with Crippen LogP contribution in [0.3, 0.4) is 0 Å². The molecule has 0 unspecified atom stereocenters. The molecule has 2 nitrogen and oxygen atoms in total. The summed E-state index contributed by atoms with van der Waals surface area (Å²) < 4.78 is 14.3. The molecule has 2 aromatic rings. The zero-order valence-electron chi connectivity index (χ0n) is 9.37. The molecule has 17 heavy (non-hydrogen) atoms. The molecule has 1 aromatic carbocycles. The van der Waals surface area contributed by atoms with E-state index in [1.807, 2.05) is 25.1 Å². The maximum absolute atomic E-state index is 13.6. The fourth-order valence-electron chi connectivity index (χ4n) is 1.53. The van der Waals surface area contributed by atoms with Crippen molar-refractivity contribution in [3.63, 3.8) is 0 Å². The lowest BCUT2D eigenvalue weighted by Crippen LogP contribution is -2.03. The van der Waals surface area contributed by atoms with Crippen molar-refractivity contribution in [2.24, 2.45) is 0 Å². The van der Waals surface area contributed by atoms with Crippen molar-refractivity contribution in [1.29, 1.82) is 0 Å². The molecule has 2 rings (SSSR count). The maximum Gasteiger partial charge on any atom is 0.129 e. The van der Waals surface area contributed by atoms with Crippen molar-refractivity contribution in [1.82, 2.24) is 4.98 Å². The summed E-state index contributed by atoms with van der Waals surface area (Å²) in [6.07, 6.45) is 1.74. The van der Waals surface area contributed by atoms with E-state index in [-0.39, 0.29) is 5.82 Å². The first kappa shape index (κ1) is 12.0. The number of rotatable bonds is 3. The summed E-state index contributed by atoms with van der Waals surface area (Å²) in [5, 5.41) is 3.17. The third-order valence-corrected chi connectivity index (χ3v) is 2.98. The summed E-state index contributed by atoms with van der Waals surface area (Å²) in [5.41, 5.74) is 2.47. The zero-order valence-corrected chi connectivity index (χ0v) is 11.0. The van der Waals surface area contributed by atoms with Gasteiger partial charge in [0.2, 0.25) is 0 Å². The standard InChI is InChI=1S/C13H12BrFN2/c1-9-13(3-2-6-16-9)17-8-10-4-5-11(14)7-12(10)15/h2-7,17H,8H2,1H3. The van der Waals surface area contributed by atoms with Gasteiger partial charge < -0.3 is 5.32 Å². The molecular weight excluding hydrogens is 283 g/mol. The van der Waals surface area contributed by atoms with E-state index in [0.29, 0.717) is 12.1 Å². The molecule has 88 valence electrons. The number of hydrogen-bond acceptors (Lipinski definition) is 2. The Balaban J connectivity index is 2.10. The van der Waals surface area contributed by atoms with Crippen LogP contribution in [0.5, 0.6) is 0 Å². The summed E-state index contributed by atoms with van der Waals surface area (Å²) in [6.45, 7) is 2.37. The van der Waals surface area contributed by atoms with Crippen LogP contribution in [0.4, 0.5) is 10.1 Å². The van der Waals surface area contributed by atoms with E-state index in [1.54, 1.807) is 12.3 Å². The van der Waals surface area contributed by atoms with E-state index in [1.165, 1.54) is 6.07 Å². The average Bonchev–Trinajstić information content (AvgIpc) is 2.30. The molecule has 0 radical (unpaired) electrons. The van der Waals surface area contributed by atoms with Gasteiger partial charge in [-0.2, -0.15) is 0 Å². The van der Waals surface area contributed by atoms with Gasteiger partial charge in [-0.15, -0.1) is 0 Å². The first-order chi connectivity index (χ1) is 8.16. The van der Waals surface area contributed by atoms with Gasteiger partial charge in [-0.25, -0.2) is 4.39 Å². The highest BCUT2D eigenvalue weighted by atomic mass is 79.9. The molecule has 0 aliphatic carbocycles. The summed E-state index contributed by atoms with van der Waals surface area (Å²) >= 11 is 3.23. The van der Waals surface area contributed by atoms with E-state index in [4.69, 9.17) is 0 Å². The van der Waals surface area contributed by atoms with Gasteiger partial charge in [-0.1, -0.05) is 22.0 Å². The highest BCUT2D eigenvalue weighted by Gasteiger charge is 2.03. The molecule has 4 heteroatoms. The van der Waals surface area contributed by atoms with E-state index in [2.05, 4.69) is 26.2 Å². The number of halogens is 2. The Morgan fingerprint density at radius 1 is 1.35 bits per heavy atom. The average molecular weight is 295 g/mol. The number of aromatic nitrogens is 1. The van der Waals surface area contributed by atoms with E-state index in [9.17, 15) is 4.39 Å². The van der Waals surface area contributed by atoms with Crippen LogP contribution in [0, 0.1) is 12.7 Å². The topological polar surface area (TPSA) is 24.9 Å². The Kier molecular flexibility index (Phi) is 3.74. The van der Waals surface area contributed by atoms with Crippen molar-refractivity contribution in [3.05, 3.63) is 58.1 Å². The summed E-state index contributed by atoms with van der Waals surface area (Å²) in [4.78, 5) is 4.16. The lowest BCUT2D eigenvalue weighted by molar-refractivity contribution is 0.612. The highest BCUT2D eigenvalue weighted by Crippen LogP contribution is 2.17. The number of anilines is 1. The zero-order chi connectivity index (χ0) is 12.3. The SMILES string of the molecule is Cc1ncccc1NCc1ccc(Br)cc1F. The van der Waals surface area contributed by atoms with Crippen molar-refractivity contribution in [3.8, 4) is 0 Å². The lowest BCUT2D eigenvalue weighted by atomic mass is 10.2. The summed E-state index contributed by atoms with van der Waals surface area (Å²) in [5.74, 6) is -0.214. The number of pyridine rings is 1. The summed E-state index contributed by atoms with van der Waals surface area (Å²) in [6, 6.07) is 8.84. The minimum absolute atomic E-state index is 0.214. The minimum atomic E-state index is -0.214. The minimum Gasteiger partial charge on any atom is -0.379 e. The molecule has 0 fully saturated rings. The molecule has 1 aromatic heterocycles. The smallest absolute Gasteiger partial charge is 0.129 e. The van der Waals surface area contributed by atoms with Gasteiger partial charge in [0, 0.05) is 22.8 Å². The van der Waals surface area contributed by atoms with Gasteiger partial charge in [0.05, 0.1) is 11.4 Å². The molecular formula is C13H12BrFN2. The number of nitrogens with one attached hydrogen (secondary N) is 1. The molecule has 0 aliphatic rings. The molecule has 0 atom stereocenters. The van der Waals surface area contributed by atoms with Gasteiger partial charge in [0.25, 0.3) is 0 Å². The number of nitrogens with zero attached hydrogens (tertiary/aromatic N) is 1. The fraction of sp³-hybridized carbons (Fsp3) is 0.154. The third-order valence-electron chi connectivity index (χ3n) is 2.49. The van der Waals surface area contributed by atoms with Crippen LogP contribution >= 0.6 is 15.9 Å². The van der Waals surface area contributed by atoms with Crippen LogP contribution in [0.25, 0.3) is 0 Å². The lowest BCUT2D eigenvalue weighted by Gasteiger charge is -2.09. The Morgan fingerprint density at radius 2 is 2.18 bits per heavy atom. The van der Waals surface area contributed by atoms with Gasteiger partial charge in [0.1, 0.15) is 5.82 Å². The molecule has 1 N–H and O–H groups in total. The second-order valence-corrected chi connectivity index (χ2v) is 4.64. The van der Waals surface area contributed by atoms with Gasteiger partial charge >= 0.3 is 0 Å². The van der Waals surface area contributed by atoms with E-state index in [0.717, 1.165) is 15.9 Å². The second-order valence-electron chi connectivity index (χ2n) is 3.73. The van der Waals surface area contributed by atoms with Crippen LogP contribution in [0.2, 0.25) is 0 Å². The van der Waals surface area contributed by atoms with Crippen molar-refractivity contribution < 1.29 is 4.39 Å². The second kappa shape index (κ2) is 5.27. The van der Waals surface area contributed by atoms with Crippen LogP contribution in [-0.4, -0.2) is 4.98 Å². The largest absolute Gasteiger partial charge is 0.379 e. The Morgan fingerprint density at radius 3 is 2.88 bits per heavy atom. The van der Waals surface area contributed by atoms with Crippen LogP contribution in [0.1, 0.15) is 11.3 Å². The number of benzene rings is 1. The van der Waals surface area contributed by atoms with E-state index < -0.39 is 0 Å². The van der Waals surface area contributed by atoms with Crippen LogP contribution < -0.4 is 5.32 Å². The van der Waals surface area contributed by atoms with Crippen molar-refractivity contribution in [2.75, 3.05) is 5.32 Å². The van der Waals surface area contributed by atoms with Gasteiger partial charge in [-0.3, -0.25) is 4.98 Å². The van der Waals surface area contributed by atoms with E-state index >= 15 is 0 Å². The maximum atomic E-state index is 13.6. The Hall–Kier alpha value is -1.42. The predicted molar refractivity (Wildman–Crippen MR) is 70.4 cm³/mol. The monoisotopic (exact) mass is 294 g/mol. The van der Waals surface area contributed by atoms with Crippen molar-refractivity contribution in [2.45, 2.75) is 13.5 Å².